The van der Waals surface area contributed by atoms with Gasteiger partial charge < -0.3 is 21.3 Å². The molecule has 0 saturated carbocycles. The Morgan fingerprint density at radius 1 is 1.26 bits per heavy atom. The van der Waals surface area contributed by atoms with Gasteiger partial charge in [0.05, 0.1) is 0 Å². The number of carbonyl (C=O) groups excluding carboxylic acids is 2. The summed E-state index contributed by atoms with van der Waals surface area (Å²) in [6.45, 7) is 10.5. The molecule has 164 valence electrons. The lowest BCUT2D eigenvalue weighted by molar-refractivity contribution is -0.129. The first-order valence-electron chi connectivity index (χ1n) is 10.4. The van der Waals surface area contributed by atoms with E-state index in [9.17, 15) is 9.59 Å². The molecule has 1 aromatic heterocycles. The van der Waals surface area contributed by atoms with Crippen molar-refractivity contribution in [3.8, 4) is 0 Å². The fourth-order valence-electron chi connectivity index (χ4n) is 3.66. The third kappa shape index (κ3) is 5.17. The summed E-state index contributed by atoms with van der Waals surface area (Å²) in [6.07, 6.45) is 3.02. The van der Waals surface area contributed by atoms with Gasteiger partial charge in [0.25, 0.3) is 5.91 Å². The van der Waals surface area contributed by atoms with Crippen LogP contribution < -0.4 is 16.4 Å². The van der Waals surface area contributed by atoms with Gasteiger partial charge in [0.15, 0.2) is 11.5 Å². The Morgan fingerprint density at radius 3 is 2.58 bits per heavy atom. The molecule has 1 aliphatic rings. The Hall–Kier alpha value is -3.49. The van der Waals surface area contributed by atoms with Crippen LogP contribution in [0.3, 0.4) is 0 Å². The fourth-order valence-corrected chi connectivity index (χ4v) is 3.66. The van der Waals surface area contributed by atoms with Crippen LogP contribution >= 0.6 is 0 Å². The molecular formula is C22H29N7O2. The van der Waals surface area contributed by atoms with Crippen molar-refractivity contribution < 1.29 is 9.59 Å². The summed E-state index contributed by atoms with van der Waals surface area (Å²) in [7, 11) is 0. The second-order valence-corrected chi connectivity index (χ2v) is 7.97. The highest BCUT2D eigenvalue weighted by Gasteiger charge is 2.30. The minimum Gasteiger partial charge on any atom is -0.364 e. The number of nitrogens with zero attached hydrogens (tertiary/aromatic N) is 4. The maximum atomic E-state index is 12.1. The third-order valence-corrected chi connectivity index (χ3v) is 5.52. The van der Waals surface area contributed by atoms with E-state index in [1.54, 1.807) is 4.90 Å². The molecule has 0 radical (unpaired) electrons. The number of rotatable bonds is 7. The van der Waals surface area contributed by atoms with Gasteiger partial charge in [-0.2, -0.15) is 4.98 Å². The summed E-state index contributed by atoms with van der Waals surface area (Å²) >= 11 is 0. The zero-order valence-corrected chi connectivity index (χ0v) is 18.1. The van der Waals surface area contributed by atoms with Crippen molar-refractivity contribution in [1.29, 1.82) is 0 Å². The van der Waals surface area contributed by atoms with E-state index in [0.29, 0.717) is 12.5 Å². The van der Waals surface area contributed by atoms with E-state index in [0.717, 1.165) is 18.5 Å². The summed E-state index contributed by atoms with van der Waals surface area (Å²) in [4.78, 5) is 30.1. The lowest BCUT2D eigenvalue weighted by atomic mass is 9.97. The van der Waals surface area contributed by atoms with Crippen LogP contribution in [0.15, 0.2) is 36.9 Å². The van der Waals surface area contributed by atoms with Crippen molar-refractivity contribution in [2.45, 2.75) is 51.6 Å². The predicted octanol–water partition coefficient (Wildman–Crippen LogP) is 2.81. The molecule has 2 aromatic rings. The first-order chi connectivity index (χ1) is 14.8. The van der Waals surface area contributed by atoms with E-state index in [2.05, 4.69) is 46.2 Å². The normalized spacial score (nSPS) is 18.5. The second kappa shape index (κ2) is 9.55. The van der Waals surface area contributed by atoms with Crippen LogP contribution in [-0.4, -0.2) is 50.5 Å². The highest BCUT2D eigenvalue weighted by atomic mass is 16.2. The Kier molecular flexibility index (Phi) is 6.84. The van der Waals surface area contributed by atoms with Crippen LogP contribution in [0.4, 0.5) is 17.5 Å². The summed E-state index contributed by atoms with van der Waals surface area (Å²) in [6, 6.07) is 7.73. The van der Waals surface area contributed by atoms with Gasteiger partial charge in [-0.3, -0.25) is 9.59 Å². The zero-order chi connectivity index (χ0) is 22.5. The number of piperidine rings is 1. The van der Waals surface area contributed by atoms with Crippen LogP contribution in [0.1, 0.15) is 55.6 Å². The van der Waals surface area contributed by atoms with E-state index < -0.39 is 5.91 Å². The topological polar surface area (TPSA) is 126 Å². The Bertz CT molecular complexity index is 959. The number of carbonyl (C=O) groups is 2. The number of nitrogens with two attached hydrogens (primary N) is 1. The highest BCUT2D eigenvalue weighted by Crippen LogP contribution is 2.24. The summed E-state index contributed by atoms with van der Waals surface area (Å²) in [5.41, 5.74) is 7.38. The van der Waals surface area contributed by atoms with Crippen molar-refractivity contribution in [3.63, 3.8) is 0 Å². The summed E-state index contributed by atoms with van der Waals surface area (Å²) in [5, 5.41) is 14.4. The molecule has 3 rings (SSSR count). The standard InChI is InChI=1S/C22H29N7O2/c1-5-18(30)29-12-6-7-17(14(29)4)25-22-26-21(19(20(23)31)27-28-22)24-16-10-8-15(9-11-16)13(2)3/h5,8-11,13-14,17H,1,6-7,12H2,2-4H3,(H2,23,31)(H2,24,25,26,28)/t14-,17+/m0/s1. The zero-order valence-electron chi connectivity index (χ0n) is 18.1. The van der Waals surface area contributed by atoms with Gasteiger partial charge in [-0.1, -0.05) is 32.6 Å². The van der Waals surface area contributed by atoms with Gasteiger partial charge in [-0.05, 0) is 49.5 Å². The Labute approximate surface area is 182 Å². The van der Waals surface area contributed by atoms with E-state index >= 15 is 0 Å². The van der Waals surface area contributed by atoms with Crippen LogP contribution in [-0.2, 0) is 4.79 Å². The van der Waals surface area contributed by atoms with Gasteiger partial charge in [-0.25, -0.2) is 0 Å². The molecule has 1 fully saturated rings. The number of hydrogen-bond acceptors (Lipinski definition) is 7. The first kappa shape index (κ1) is 22.2. The quantitative estimate of drug-likeness (QED) is 0.585. The van der Waals surface area contributed by atoms with Crippen LogP contribution in [0.2, 0.25) is 0 Å². The van der Waals surface area contributed by atoms with Gasteiger partial charge in [0, 0.05) is 24.3 Å². The number of hydrogen-bond donors (Lipinski definition) is 3. The first-order valence-corrected chi connectivity index (χ1v) is 10.4. The highest BCUT2D eigenvalue weighted by molar-refractivity contribution is 5.96. The van der Waals surface area contributed by atoms with Crippen molar-refractivity contribution in [3.05, 3.63) is 48.2 Å². The lowest BCUT2D eigenvalue weighted by Gasteiger charge is -2.39. The molecule has 0 spiro atoms. The molecule has 1 aromatic carbocycles. The molecule has 9 heteroatoms. The van der Waals surface area contributed by atoms with Crippen molar-refractivity contribution >= 4 is 29.3 Å². The van der Waals surface area contributed by atoms with E-state index in [4.69, 9.17) is 5.73 Å². The molecular weight excluding hydrogens is 394 g/mol. The van der Waals surface area contributed by atoms with Crippen molar-refractivity contribution in [1.82, 2.24) is 20.1 Å². The molecule has 1 saturated heterocycles. The van der Waals surface area contributed by atoms with E-state index in [1.807, 2.05) is 31.2 Å². The summed E-state index contributed by atoms with van der Waals surface area (Å²) < 4.78 is 0. The lowest BCUT2D eigenvalue weighted by Crippen LogP contribution is -2.51. The molecule has 2 amide bonds. The van der Waals surface area contributed by atoms with Crippen LogP contribution in [0.5, 0.6) is 0 Å². The largest absolute Gasteiger partial charge is 0.364 e. The average Bonchev–Trinajstić information content (AvgIpc) is 2.75. The molecule has 2 atom stereocenters. The van der Waals surface area contributed by atoms with Crippen molar-refractivity contribution in [2.75, 3.05) is 17.2 Å². The molecule has 0 aliphatic carbocycles. The van der Waals surface area contributed by atoms with Gasteiger partial charge in [0.1, 0.15) is 0 Å². The van der Waals surface area contributed by atoms with E-state index in [-0.39, 0.29) is 35.5 Å². The smallest absolute Gasteiger partial charge is 0.273 e. The number of anilines is 3. The monoisotopic (exact) mass is 423 g/mol. The number of primary amides is 1. The Balaban J connectivity index is 1.82. The second-order valence-electron chi connectivity index (χ2n) is 7.97. The minimum atomic E-state index is -0.721. The maximum Gasteiger partial charge on any atom is 0.273 e. The van der Waals surface area contributed by atoms with Gasteiger partial charge >= 0.3 is 0 Å². The number of aromatic nitrogens is 3. The average molecular weight is 424 g/mol. The third-order valence-electron chi connectivity index (χ3n) is 5.52. The molecule has 1 aliphatic heterocycles. The summed E-state index contributed by atoms with van der Waals surface area (Å²) in [5.74, 6) is 0.0774. The SMILES string of the molecule is C=CC(=O)N1CCC[C@@H](Nc2nnc(C(N)=O)c(Nc3ccc(C(C)C)cc3)n2)[C@@H]1C. The Morgan fingerprint density at radius 2 is 1.97 bits per heavy atom. The number of likely N-dealkylation sites (tertiary alicyclic amines) is 1. The molecule has 9 nitrogen and oxygen atoms in total. The van der Waals surface area contributed by atoms with Crippen molar-refractivity contribution in [2.24, 2.45) is 5.73 Å². The van der Waals surface area contributed by atoms with Crippen LogP contribution in [0.25, 0.3) is 0 Å². The fraction of sp³-hybridized carbons (Fsp3) is 0.409. The molecule has 31 heavy (non-hydrogen) atoms. The van der Waals surface area contributed by atoms with Gasteiger partial charge in [-0.15, -0.1) is 10.2 Å². The molecule has 2 heterocycles. The molecule has 0 bridgehead atoms. The minimum absolute atomic E-state index is 0.0429. The van der Waals surface area contributed by atoms with Gasteiger partial charge in [0.2, 0.25) is 11.9 Å². The predicted molar refractivity (Wildman–Crippen MR) is 120 cm³/mol. The number of amides is 2. The molecule has 0 unspecified atom stereocenters. The van der Waals surface area contributed by atoms with E-state index in [1.165, 1.54) is 11.6 Å². The number of nitrogens with one attached hydrogen (secondary N) is 2. The maximum absolute atomic E-state index is 12.1. The molecule has 4 N–H and O–H groups in total. The van der Waals surface area contributed by atoms with Crippen LogP contribution in [0, 0.1) is 0 Å². The number of benzene rings is 1.